The predicted molar refractivity (Wildman–Crippen MR) is 91.1 cm³/mol. The lowest BCUT2D eigenvalue weighted by Crippen LogP contribution is -2.25. The largest absolute Gasteiger partial charge is 0.478 e. The summed E-state index contributed by atoms with van der Waals surface area (Å²) in [5, 5.41) is 11.8. The molecule has 144 valence electrons. The van der Waals surface area contributed by atoms with E-state index in [4.69, 9.17) is 5.11 Å². The summed E-state index contributed by atoms with van der Waals surface area (Å²) in [5.74, 6) is -1.43. The fourth-order valence-corrected chi connectivity index (χ4v) is 2.36. The van der Waals surface area contributed by atoms with Gasteiger partial charge in [0.05, 0.1) is 18.6 Å². The minimum atomic E-state index is -4.36. The van der Waals surface area contributed by atoms with Crippen LogP contribution in [0.3, 0.4) is 0 Å². The minimum Gasteiger partial charge on any atom is -0.478 e. The molecular weight excluding hydrogens is 363 g/mol. The molecule has 8 heteroatoms. The van der Waals surface area contributed by atoms with Crippen LogP contribution in [0.25, 0.3) is 0 Å². The smallest absolute Gasteiger partial charge is 0.411 e. The van der Waals surface area contributed by atoms with Gasteiger partial charge < -0.3 is 15.2 Å². The molecule has 0 unspecified atom stereocenters. The zero-order chi connectivity index (χ0) is 19.9. The van der Waals surface area contributed by atoms with Gasteiger partial charge in [0.25, 0.3) is 0 Å². The van der Waals surface area contributed by atoms with E-state index in [1.807, 2.05) is 0 Å². The van der Waals surface area contributed by atoms with Gasteiger partial charge in [-0.2, -0.15) is 13.2 Å². The average molecular weight is 381 g/mol. The van der Waals surface area contributed by atoms with Gasteiger partial charge >= 0.3 is 12.1 Å². The van der Waals surface area contributed by atoms with Crippen molar-refractivity contribution in [3.05, 3.63) is 70.8 Å². The standard InChI is InChI=1S/C19H18F3NO4/c20-19(21,22)12-27-11-14-7-5-13(6-8-14)10-23-17(24)9-15-3-1-2-4-16(15)18(25)26/h1-8H,9-12H2,(H,23,24)(H,25,26). The van der Waals surface area contributed by atoms with E-state index < -0.39 is 18.8 Å². The van der Waals surface area contributed by atoms with Crippen molar-refractivity contribution < 1.29 is 32.6 Å². The third kappa shape index (κ3) is 7.10. The Kier molecular flexibility index (Phi) is 6.95. The molecule has 0 saturated carbocycles. The summed E-state index contributed by atoms with van der Waals surface area (Å²) < 4.78 is 40.7. The highest BCUT2D eigenvalue weighted by Crippen LogP contribution is 2.16. The van der Waals surface area contributed by atoms with Gasteiger partial charge in [-0.3, -0.25) is 4.79 Å². The van der Waals surface area contributed by atoms with Crippen molar-refractivity contribution in [2.75, 3.05) is 6.61 Å². The molecule has 0 fully saturated rings. The maximum atomic E-state index is 12.0. The van der Waals surface area contributed by atoms with Gasteiger partial charge in [-0.05, 0) is 22.8 Å². The molecule has 0 aliphatic carbocycles. The van der Waals surface area contributed by atoms with Crippen molar-refractivity contribution in [3.8, 4) is 0 Å². The van der Waals surface area contributed by atoms with Crippen LogP contribution in [-0.2, 0) is 29.1 Å². The summed E-state index contributed by atoms with van der Waals surface area (Å²) in [7, 11) is 0. The number of amides is 1. The average Bonchev–Trinajstić information content (AvgIpc) is 2.60. The van der Waals surface area contributed by atoms with Crippen LogP contribution in [-0.4, -0.2) is 29.8 Å². The van der Waals surface area contributed by atoms with E-state index in [2.05, 4.69) is 10.1 Å². The fourth-order valence-electron chi connectivity index (χ4n) is 2.36. The number of carboxylic acids is 1. The third-order valence-corrected chi connectivity index (χ3v) is 3.65. The number of hydrogen-bond acceptors (Lipinski definition) is 3. The maximum absolute atomic E-state index is 12.0. The van der Waals surface area contributed by atoms with E-state index in [1.165, 1.54) is 6.07 Å². The van der Waals surface area contributed by atoms with Gasteiger partial charge in [0.15, 0.2) is 0 Å². The van der Waals surface area contributed by atoms with Crippen molar-refractivity contribution in [3.63, 3.8) is 0 Å². The molecule has 2 rings (SSSR count). The van der Waals surface area contributed by atoms with E-state index in [0.29, 0.717) is 11.1 Å². The van der Waals surface area contributed by atoms with Crippen LogP contribution in [0.2, 0.25) is 0 Å². The number of carboxylic acid groups (broad SMARTS) is 1. The molecule has 0 aromatic heterocycles. The fraction of sp³-hybridized carbons (Fsp3) is 0.263. The highest BCUT2D eigenvalue weighted by Gasteiger charge is 2.27. The van der Waals surface area contributed by atoms with Crippen LogP contribution >= 0.6 is 0 Å². The molecule has 0 saturated heterocycles. The van der Waals surface area contributed by atoms with Gasteiger partial charge in [0, 0.05) is 6.54 Å². The van der Waals surface area contributed by atoms with Crippen LogP contribution < -0.4 is 5.32 Å². The quantitative estimate of drug-likeness (QED) is 0.736. The zero-order valence-electron chi connectivity index (χ0n) is 14.3. The molecule has 0 atom stereocenters. The lowest BCUT2D eigenvalue weighted by molar-refractivity contribution is -0.176. The van der Waals surface area contributed by atoms with E-state index in [1.54, 1.807) is 42.5 Å². The number of alkyl halides is 3. The lowest BCUT2D eigenvalue weighted by Gasteiger charge is -2.09. The van der Waals surface area contributed by atoms with Crippen molar-refractivity contribution >= 4 is 11.9 Å². The Bertz CT molecular complexity index is 788. The van der Waals surface area contributed by atoms with Gasteiger partial charge in [0.1, 0.15) is 6.61 Å². The van der Waals surface area contributed by atoms with Gasteiger partial charge in [0.2, 0.25) is 5.91 Å². The number of benzene rings is 2. The van der Waals surface area contributed by atoms with Crippen LogP contribution in [0.15, 0.2) is 48.5 Å². The lowest BCUT2D eigenvalue weighted by atomic mass is 10.0. The first-order valence-corrected chi connectivity index (χ1v) is 8.05. The second kappa shape index (κ2) is 9.18. The van der Waals surface area contributed by atoms with Crippen LogP contribution in [0.1, 0.15) is 27.0 Å². The van der Waals surface area contributed by atoms with Gasteiger partial charge in [-0.1, -0.05) is 42.5 Å². The monoisotopic (exact) mass is 381 g/mol. The summed E-state index contributed by atoms with van der Waals surface area (Å²) in [6.45, 7) is -1.24. The molecular formula is C19H18F3NO4. The Morgan fingerprint density at radius 2 is 1.63 bits per heavy atom. The first-order valence-electron chi connectivity index (χ1n) is 8.05. The Labute approximate surface area is 153 Å². The molecule has 0 aliphatic heterocycles. The van der Waals surface area contributed by atoms with Gasteiger partial charge in [-0.15, -0.1) is 0 Å². The summed E-state index contributed by atoms with van der Waals surface area (Å²) in [4.78, 5) is 23.2. The molecule has 0 spiro atoms. The second-order valence-electron chi connectivity index (χ2n) is 5.84. The Morgan fingerprint density at radius 3 is 2.26 bits per heavy atom. The molecule has 1 amide bonds. The van der Waals surface area contributed by atoms with Crippen molar-refractivity contribution in [2.45, 2.75) is 25.7 Å². The molecule has 2 aromatic rings. The summed E-state index contributed by atoms with van der Waals surface area (Å²) >= 11 is 0. The third-order valence-electron chi connectivity index (χ3n) is 3.65. The number of halogens is 3. The molecule has 0 bridgehead atoms. The number of nitrogens with one attached hydrogen (secondary N) is 1. The summed E-state index contributed by atoms with van der Waals surface area (Å²) in [5.41, 5.74) is 1.84. The summed E-state index contributed by atoms with van der Waals surface area (Å²) in [6, 6.07) is 12.9. The molecule has 0 heterocycles. The second-order valence-corrected chi connectivity index (χ2v) is 5.84. The SMILES string of the molecule is O=C(Cc1ccccc1C(=O)O)NCc1ccc(COCC(F)(F)F)cc1. The molecule has 5 nitrogen and oxygen atoms in total. The number of aromatic carboxylic acids is 1. The number of carbonyl (C=O) groups is 2. The van der Waals surface area contributed by atoms with E-state index in [9.17, 15) is 22.8 Å². The Hall–Kier alpha value is -2.87. The van der Waals surface area contributed by atoms with E-state index in [-0.39, 0.29) is 31.0 Å². The number of rotatable bonds is 8. The normalized spacial score (nSPS) is 11.2. The molecule has 27 heavy (non-hydrogen) atoms. The number of ether oxygens (including phenoxy) is 1. The topological polar surface area (TPSA) is 75.6 Å². The predicted octanol–water partition coefficient (Wildman–Crippen LogP) is 3.32. The van der Waals surface area contributed by atoms with E-state index in [0.717, 1.165) is 5.56 Å². The molecule has 0 radical (unpaired) electrons. The van der Waals surface area contributed by atoms with Crippen molar-refractivity contribution in [1.29, 1.82) is 0 Å². The maximum Gasteiger partial charge on any atom is 0.411 e. The van der Waals surface area contributed by atoms with Gasteiger partial charge in [-0.25, -0.2) is 4.79 Å². The first-order chi connectivity index (χ1) is 12.7. The molecule has 2 N–H and O–H groups in total. The zero-order valence-corrected chi connectivity index (χ0v) is 14.3. The summed E-state index contributed by atoms with van der Waals surface area (Å²) in [6.07, 6.45) is -4.42. The van der Waals surface area contributed by atoms with Crippen LogP contribution in [0.4, 0.5) is 13.2 Å². The number of hydrogen-bond donors (Lipinski definition) is 2. The number of carbonyl (C=O) groups excluding carboxylic acids is 1. The van der Waals surface area contributed by atoms with Crippen LogP contribution in [0.5, 0.6) is 0 Å². The minimum absolute atomic E-state index is 0.0637. The molecule has 2 aromatic carbocycles. The Morgan fingerprint density at radius 1 is 1.00 bits per heavy atom. The highest BCUT2D eigenvalue weighted by atomic mass is 19.4. The van der Waals surface area contributed by atoms with Crippen LogP contribution in [0, 0.1) is 0 Å². The first kappa shape index (κ1) is 20.4. The van der Waals surface area contributed by atoms with Crippen molar-refractivity contribution in [2.24, 2.45) is 0 Å². The van der Waals surface area contributed by atoms with Crippen molar-refractivity contribution in [1.82, 2.24) is 5.32 Å². The van der Waals surface area contributed by atoms with E-state index >= 15 is 0 Å². The highest BCUT2D eigenvalue weighted by molar-refractivity contribution is 5.91. The molecule has 0 aliphatic rings. The Balaban J connectivity index is 1.82.